The number of hydrogen-bond donors (Lipinski definition) is 0. The normalized spacial score (nSPS) is 13.1. The van der Waals surface area contributed by atoms with Crippen LogP contribution in [-0.4, -0.2) is 23.3 Å². The Hall–Kier alpha value is -1.47. The van der Waals surface area contributed by atoms with Gasteiger partial charge < -0.3 is 0 Å². The zero-order valence-corrected chi connectivity index (χ0v) is 11.8. The molecule has 0 spiro atoms. The van der Waals surface area contributed by atoms with Crippen LogP contribution in [0.25, 0.3) is 0 Å². The standard InChI is InChI=1S/C11H4ClF7N2S/c12-9(11(17,18)19)21-7-2-8(22-4-10(14,15)16)5(3-20)1-6(7)13/h1-2H,4H2/b21-9-. The van der Waals surface area contributed by atoms with Crippen molar-refractivity contribution in [3.05, 3.63) is 23.5 Å². The largest absolute Gasteiger partial charge is 0.444 e. The van der Waals surface area contributed by atoms with Crippen molar-refractivity contribution in [2.45, 2.75) is 17.2 Å². The molecule has 1 rings (SSSR count). The summed E-state index contributed by atoms with van der Waals surface area (Å²) >= 11 is 4.97. The molecule has 11 heteroatoms. The van der Waals surface area contributed by atoms with Gasteiger partial charge in [0, 0.05) is 4.90 Å². The highest BCUT2D eigenvalue weighted by Gasteiger charge is 2.35. The Bertz CT molecular complexity index is 631. The van der Waals surface area contributed by atoms with Crippen molar-refractivity contribution in [2.24, 2.45) is 4.99 Å². The predicted molar refractivity (Wildman–Crippen MR) is 66.9 cm³/mol. The summed E-state index contributed by atoms with van der Waals surface area (Å²) in [6.45, 7) is 0. The Balaban J connectivity index is 3.24. The number of aliphatic imine (C=N–C) groups is 1. The smallest absolute Gasteiger partial charge is 0.229 e. The molecule has 0 fully saturated rings. The van der Waals surface area contributed by atoms with E-state index >= 15 is 0 Å². The molecular weight excluding hydrogens is 361 g/mol. The molecule has 0 aliphatic heterocycles. The van der Waals surface area contributed by atoms with E-state index in [1.54, 1.807) is 0 Å². The Labute approximate surface area is 128 Å². The van der Waals surface area contributed by atoms with Crippen LogP contribution < -0.4 is 0 Å². The zero-order chi connectivity index (χ0) is 17.1. The molecule has 0 atom stereocenters. The van der Waals surface area contributed by atoms with Gasteiger partial charge in [-0.1, -0.05) is 11.6 Å². The molecule has 0 amide bonds. The van der Waals surface area contributed by atoms with Crippen molar-refractivity contribution >= 4 is 34.2 Å². The van der Waals surface area contributed by atoms with E-state index in [2.05, 4.69) is 4.99 Å². The van der Waals surface area contributed by atoms with Crippen LogP contribution >= 0.6 is 23.4 Å². The molecule has 0 aliphatic carbocycles. The lowest BCUT2D eigenvalue weighted by Gasteiger charge is -2.09. The van der Waals surface area contributed by atoms with Crippen LogP contribution in [0.4, 0.5) is 36.4 Å². The summed E-state index contributed by atoms with van der Waals surface area (Å²) in [6.07, 6.45) is -9.60. The quantitative estimate of drug-likeness (QED) is 0.421. The monoisotopic (exact) mass is 364 g/mol. The van der Waals surface area contributed by atoms with Crippen LogP contribution in [0, 0.1) is 17.1 Å². The number of nitriles is 1. The van der Waals surface area contributed by atoms with Gasteiger partial charge in [0.25, 0.3) is 0 Å². The maximum absolute atomic E-state index is 13.5. The summed E-state index contributed by atoms with van der Waals surface area (Å²) in [5.41, 5.74) is -1.36. The zero-order valence-electron chi connectivity index (χ0n) is 10.2. The number of halogens is 8. The molecule has 0 heterocycles. The van der Waals surface area contributed by atoms with E-state index in [9.17, 15) is 30.7 Å². The molecule has 0 aliphatic rings. The fourth-order valence-electron chi connectivity index (χ4n) is 1.16. The van der Waals surface area contributed by atoms with Crippen LogP contribution in [0.15, 0.2) is 22.0 Å². The summed E-state index contributed by atoms with van der Waals surface area (Å²) in [4.78, 5) is 2.43. The highest BCUT2D eigenvalue weighted by Crippen LogP contribution is 2.34. The highest BCUT2D eigenvalue weighted by molar-refractivity contribution is 7.99. The van der Waals surface area contributed by atoms with Gasteiger partial charge in [-0.05, 0) is 12.1 Å². The Morgan fingerprint density at radius 3 is 2.27 bits per heavy atom. The summed E-state index contributed by atoms with van der Waals surface area (Å²) < 4.78 is 86.6. The molecule has 120 valence electrons. The first-order chi connectivity index (χ1) is 9.94. The molecule has 1 aromatic carbocycles. The average Bonchev–Trinajstić information content (AvgIpc) is 2.36. The first kappa shape index (κ1) is 18.6. The fraction of sp³-hybridized carbons (Fsp3) is 0.273. The average molecular weight is 365 g/mol. The first-order valence-electron chi connectivity index (χ1n) is 5.18. The lowest BCUT2D eigenvalue weighted by molar-refractivity contribution is -0.105. The second-order valence-electron chi connectivity index (χ2n) is 3.72. The van der Waals surface area contributed by atoms with Crippen molar-refractivity contribution in [3.8, 4) is 6.07 Å². The van der Waals surface area contributed by atoms with Crippen molar-refractivity contribution < 1.29 is 30.7 Å². The Morgan fingerprint density at radius 1 is 1.23 bits per heavy atom. The van der Waals surface area contributed by atoms with Gasteiger partial charge in [-0.15, -0.1) is 11.8 Å². The Morgan fingerprint density at radius 2 is 1.82 bits per heavy atom. The van der Waals surface area contributed by atoms with Crippen molar-refractivity contribution in [2.75, 3.05) is 5.75 Å². The topological polar surface area (TPSA) is 36.1 Å². The molecule has 2 nitrogen and oxygen atoms in total. The molecule has 0 saturated heterocycles. The van der Waals surface area contributed by atoms with Crippen molar-refractivity contribution in [1.82, 2.24) is 0 Å². The third-order valence-electron chi connectivity index (χ3n) is 2.01. The lowest BCUT2D eigenvalue weighted by atomic mass is 10.2. The van der Waals surface area contributed by atoms with E-state index in [1.807, 2.05) is 0 Å². The molecule has 0 unspecified atom stereocenters. The van der Waals surface area contributed by atoms with E-state index in [4.69, 9.17) is 16.9 Å². The van der Waals surface area contributed by atoms with Gasteiger partial charge in [0.1, 0.15) is 17.6 Å². The van der Waals surface area contributed by atoms with Gasteiger partial charge in [-0.2, -0.15) is 31.6 Å². The van der Waals surface area contributed by atoms with Crippen LogP contribution in [0.2, 0.25) is 0 Å². The second-order valence-corrected chi connectivity index (χ2v) is 5.09. The fourth-order valence-corrected chi connectivity index (χ4v) is 2.03. The summed E-state index contributed by atoms with van der Waals surface area (Å²) in [6, 6.07) is 2.56. The van der Waals surface area contributed by atoms with E-state index < -0.39 is 40.3 Å². The molecule has 0 saturated carbocycles. The van der Waals surface area contributed by atoms with E-state index in [0.717, 1.165) is 0 Å². The molecule has 0 bridgehead atoms. The maximum atomic E-state index is 13.5. The van der Waals surface area contributed by atoms with Gasteiger partial charge in [-0.25, -0.2) is 9.38 Å². The van der Waals surface area contributed by atoms with Gasteiger partial charge in [0.15, 0.2) is 0 Å². The van der Waals surface area contributed by atoms with Crippen LogP contribution in [0.3, 0.4) is 0 Å². The van der Waals surface area contributed by atoms with Gasteiger partial charge in [-0.3, -0.25) is 0 Å². The third kappa shape index (κ3) is 5.38. The number of rotatable bonds is 3. The predicted octanol–water partition coefficient (Wildman–Crippen LogP) is 5.18. The number of benzene rings is 1. The van der Waals surface area contributed by atoms with E-state index in [0.29, 0.717) is 12.1 Å². The molecule has 0 aromatic heterocycles. The summed E-state index contributed by atoms with van der Waals surface area (Å²) in [5, 5.41) is 6.83. The minimum Gasteiger partial charge on any atom is -0.229 e. The number of alkyl halides is 6. The van der Waals surface area contributed by atoms with E-state index in [-0.39, 0.29) is 16.7 Å². The molecular formula is C11H4ClF7N2S. The van der Waals surface area contributed by atoms with Crippen LogP contribution in [0.1, 0.15) is 5.56 Å². The summed E-state index contributed by atoms with van der Waals surface area (Å²) in [7, 11) is 0. The van der Waals surface area contributed by atoms with Gasteiger partial charge in [0.05, 0.1) is 11.3 Å². The second kappa shape index (κ2) is 6.75. The number of nitrogens with zero attached hydrogens (tertiary/aromatic N) is 2. The molecule has 1 aromatic rings. The van der Waals surface area contributed by atoms with E-state index in [1.165, 1.54) is 6.07 Å². The molecule has 0 radical (unpaired) electrons. The molecule has 0 N–H and O–H groups in total. The van der Waals surface area contributed by atoms with Gasteiger partial charge in [0.2, 0.25) is 5.17 Å². The number of thioether (sulfide) groups is 1. The maximum Gasteiger partial charge on any atom is 0.444 e. The third-order valence-corrected chi connectivity index (χ3v) is 3.43. The van der Waals surface area contributed by atoms with Crippen molar-refractivity contribution in [3.63, 3.8) is 0 Å². The van der Waals surface area contributed by atoms with Crippen LogP contribution in [-0.2, 0) is 0 Å². The Kier molecular flexibility index (Phi) is 5.70. The SMILES string of the molecule is N#Cc1cc(F)c(/N=C(\Cl)C(F)(F)F)cc1SCC(F)(F)F. The highest BCUT2D eigenvalue weighted by atomic mass is 35.5. The minimum atomic E-state index is -5.03. The first-order valence-corrected chi connectivity index (χ1v) is 6.55. The van der Waals surface area contributed by atoms with Gasteiger partial charge >= 0.3 is 12.4 Å². The van der Waals surface area contributed by atoms with Crippen molar-refractivity contribution in [1.29, 1.82) is 5.26 Å². The minimum absolute atomic E-state index is 0.128. The lowest BCUT2D eigenvalue weighted by Crippen LogP contribution is -2.16. The molecule has 22 heavy (non-hydrogen) atoms. The number of hydrogen-bond acceptors (Lipinski definition) is 3. The summed E-state index contributed by atoms with van der Waals surface area (Å²) in [5.74, 6) is -2.71. The van der Waals surface area contributed by atoms with Crippen LogP contribution in [0.5, 0.6) is 0 Å².